The number of nitrogens with one attached hydrogen (secondary N) is 1. The van der Waals surface area contributed by atoms with Crippen molar-refractivity contribution >= 4 is 29.2 Å². The maximum atomic E-state index is 11.9. The number of hydrogen-bond acceptors (Lipinski definition) is 5. The van der Waals surface area contributed by atoms with Crippen LogP contribution in [0.15, 0.2) is 29.4 Å². The predicted molar refractivity (Wildman–Crippen MR) is 104 cm³/mol. The Balaban J connectivity index is 2.51. The van der Waals surface area contributed by atoms with Gasteiger partial charge < -0.3 is 9.53 Å². The topological polar surface area (TPSA) is 67.8 Å². The fourth-order valence-electron chi connectivity index (χ4n) is 2.01. The van der Waals surface area contributed by atoms with Crippen LogP contribution in [-0.4, -0.2) is 35.0 Å². The van der Waals surface area contributed by atoms with Gasteiger partial charge in [0.2, 0.25) is 5.91 Å². The van der Waals surface area contributed by atoms with Gasteiger partial charge >= 0.3 is 0 Å². The summed E-state index contributed by atoms with van der Waals surface area (Å²) in [5.74, 6) is 0.837. The molecule has 138 valence electrons. The standard InChI is InChI=1S/C19H28N2O3S/c1-14(22)7-6-12-24-17-10-8-16(9-11-17)15(2)20-21-18(23)13-19(3,4)25-5/h8-11H,6-7,12-13H2,1-5H3,(H,21,23)/b20-15+. The van der Waals surface area contributed by atoms with Gasteiger partial charge in [0.05, 0.1) is 12.3 Å². The number of rotatable bonds is 10. The van der Waals surface area contributed by atoms with Crippen molar-refractivity contribution in [2.75, 3.05) is 12.9 Å². The van der Waals surface area contributed by atoms with Gasteiger partial charge in [-0.2, -0.15) is 16.9 Å². The molecule has 0 spiro atoms. The summed E-state index contributed by atoms with van der Waals surface area (Å²) in [5, 5.41) is 4.17. The fraction of sp³-hybridized carbons (Fsp3) is 0.526. The average molecular weight is 365 g/mol. The van der Waals surface area contributed by atoms with E-state index in [2.05, 4.69) is 10.5 Å². The maximum absolute atomic E-state index is 11.9. The summed E-state index contributed by atoms with van der Waals surface area (Å²) in [6.45, 7) is 8.01. The molecule has 6 heteroatoms. The van der Waals surface area contributed by atoms with Gasteiger partial charge in [-0.05, 0) is 56.4 Å². The number of benzene rings is 1. The smallest absolute Gasteiger partial charge is 0.241 e. The lowest BCUT2D eigenvalue weighted by Gasteiger charge is -2.20. The summed E-state index contributed by atoms with van der Waals surface area (Å²) in [6.07, 6.45) is 3.66. The molecule has 0 atom stereocenters. The Morgan fingerprint density at radius 1 is 1.20 bits per heavy atom. The van der Waals surface area contributed by atoms with Crippen LogP contribution < -0.4 is 10.2 Å². The molecule has 1 amide bonds. The summed E-state index contributed by atoms with van der Waals surface area (Å²) in [7, 11) is 0. The molecule has 0 heterocycles. The molecule has 0 fully saturated rings. The van der Waals surface area contributed by atoms with Crippen LogP contribution in [0.1, 0.15) is 52.5 Å². The van der Waals surface area contributed by atoms with E-state index in [1.165, 1.54) is 0 Å². The minimum atomic E-state index is -0.102. The van der Waals surface area contributed by atoms with Crippen LogP contribution in [0.5, 0.6) is 5.75 Å². The molecule has 0 aliphatic rings. The summed E-state index contributed by atoms with van der Waals surface area (Å²) >= 11 is 1.66. The van der Waals surface area contributed by atoms with Crippen LogP contribution in [0.3, 0.4) is 0 Å². The van der Waals surface area contributed by atoms with Gasteiger partial charge in [0.15, 0.2) is 0 Å². The van der Waals surface area contributed by atoms with Crippen LogP contribution in [0.4, 0.5) is 0 Å². The molecule has 1 aromatic rings. The molecule has 1 rings (SSSR count). The predicted octanol–water partition coefficient (Wildman–Crippen LogP) is 3.81. The van der Waals surface area contributed by atoms with Crippen LogP contribution in [0.25, 0.3) is 0 Å². The lowest BCUT2D eigenvalue weighted by atomic mass is 10.1. The fourth-order valence-corrected chi connectivity index (χ4v) is 2.29. The number of Topliss-reactive ketones (excluding diaryl/α,β-unsaturated/α-hetero) is 1. The van der Waals surface area contributed by atoms with Crippen molar-refractivity contribution in [1.82, 2.24) is 5.43 Å². The highest BCUT2D eigenvalue weighted by atomic mass is 32.2. The van der Waals surface area contributed by atoms with E-state index in [1.54, 1.807) is 18.7 Å². The van der Waals surface area contributed by atoms with Crippen LogP contribution >= 0.6 is 11.8 Å². The minimum absolute atomic E-state index is 0.0934. The Bertz CT molecular complexity index is 610. The SMILES string of the molecule is CSC(C)(C)CC(=O)N/N=C(\C)c1ccc(OCCCC(C)=O)cc1. The maximum Gasteiger partial charge on any atom is 0.241 e. The molecule has 0 saturated heterocycles. The van der Waals surface area contributed by atoms with Gasteiger partial charge in [-0.25, -0.2) is 5.43 Å². The van der Waals surface area contributed by atoms with Crippen molar-refractivity contribution in [2.24, 2.45) is 5.10 Å². The highest BCUT2D eigenvalue weighted by Crippen LogP contribution is 2.24. The number of nitrogens with zero attached hydrogens (tertiary/aromatic N) is 1. The molecule has 0 unspecified atom stereocenters. The molecular weight excluding hydrogens is 336 g/mol. The number of thioether (sulfide) groups is 1. The average Bonchev–Trinajstić information content (AvgIpc) is 2.56. The molecule has 5 nitrogen and oxygen atoms in total. The zero-order chi connectivity index (χ0) is 18.9. The molecule has 0 aliphatic carbocycles. The Morgan fingerprint density at radius 2 is 1.84 bits per heavy atom. The molecule has 0 aromatic heterocycles. The zero-order valence-corrected chi connectivity index (χ0v) is 16.5. The number of carbonyl (C=O) groups is 2. The number of ketones is 1. The summed E-state index contributed by atoms with van der Waals surface area (Å²) in [6, 6.07) is 7.52. The third-order valence-electron chi connectivity index (χ3n) is 3.70. The first kappa shape index (κ1) is 21.2. The number of hydrazone groups is 1. The highest BCUT2D eigenvalue weighted by Gasteiger charge is 2.20. The molecule has 1 aromatic carbocycles. The Hall–Kier alpha value is -1.82. The molecule has 1 N–H and O–H groups in total. The monoisotopic (exact) mass is 364 g/mol. The van der Waals surface area contributed by atoms with E-state index in [0.29, 0.717) is 19.4 Å². The lowest BCUT2D eigenvalue weighted by Crippen LogP contribution is -2.27. The molecule has 0 radical (unpaired) electrons. The van der Waals surface area contributed by atoms with E-state index >= 15 is 0 Å². The largest absolute Gasteiger partial charge is 0.494 e. The van der Waals surface area contributed by atoms with E-state index in [4.69, 9.17) is 4.74 Å². The van der Waals surface area contributed by atoms with Crippen molar-refractivity contribution in [3.05, 3.63) is 29.8 Å². The van der Waals surface area contributed by atoms with Crippen LogP contribution in [0.2, 0.25) is 0 Å². The van der Waals surface area contributed by atoms with E-state index in [0.717, 1.165) is 23.4 Å². The van der Waals surface area contributed by atoms with Gasteiger partial charge in [0.1, 0.15) is 11.5 Å². The number of carbonyl (C=O) groups excluding carboxylic acids is 2. The molecule has 25 heavy (non-hydrogen) atoms. The summed E-state index contributed by atoms with van der Waals surface area (Å²) < 4.78 is 5.49. The third-order valence-corrected chi connectivity index (χ3v) is 4.95. The van der Waals surface area contributed by atoms with Crippen molar-refractivity contribution in [3.63, 3.8) is 0 Å². The quantitative estimate of drug-likeness (QED) is 0.389. The first-order valence-electron chi connectivity index (χ1n) is 8.34. The highest BCUT2D eigenvalue weighted by molar-refractivity contribution is 7.99. The minimum Gasteiger partial charge on any atom is -0.494 e. The van der Waals surface area contributed by atoms with Gasteiger partial charge in [0.25, 0.3) is 0 Å². The van der Waals surface area contributed by atoms with E-state index in [9.17, 15) is 9.59 Å². The first-order chi connectivity index (χ1) is 11.7. The third kappa shape index (κ3) is 8.72. The Labute approximate surface area is 154 Å². The van der Waals surface area contributed by atoms with E-state index in [1.807, 2.05) is 51.3 Å². The molecule has 0 bridgehead atoms. The van der Waals surface area contributed by atoms with Gasteiger partial charge in [-0.15, -0.1) is 0 Å². The normalized spacial score (nSPS) is 12.0. The first-order valence-corrected chi connectivity index (χ1v) is 9.57. The molecule has 0 aliphatic heterocycles. The second-order valence-electron chi connectivity index (χ2n) is 6.55. The lowest BCUT2D eigenvalue weighted by molar-refractivity contribution is -0.121. The summed E-state index contributed by atoms with van der Waals surface area (Å²) in [5.41, 5.74) is 4.26. The molecular formula is C19H28N2O3S. The van der Waals surface area contributed by atoms with Gasteiger partial charge in [-0.3, -0.25) is 4.79 Å². The summed E-state index contributed by atoms with van der Waals surface area (Å²) in [4.78, 5) is 22.8. The zero-order valence-electron chi connectivity index (χ0n) is 15.7. The van der Waals surface area contributed by atoms with Gasteiger partial charge in [0, 0.05) is 17.6 Å². The Kier molecular flexibility index (Phi) is 8.69. The molecule has 0 saturated carbocycles. The van der Waals surface area contributed by atoms with E-state index in [-0.39, 0.29) is 16.4 Å². The van der Waals surface area contributed by atoms with E-state index < -0.39 is 0 Å². The number of ether oxygens (including phenoxy) is 1. The van der Waals surface area contributed by atoms with Crippen molar-refractivity contribution in [3.8, 4) is 5.75 Å². The number of amides is 1. The van der Waals surface area contributed by atoms with Crippen LogP contribution in [0, 0.1) is 0 Å². The number of hydrogen-bond donors (Lipinski definition) is 1. The van der Waals surface area contributed by atoms with Crippen LogP contribution in [-0.2, 0) is 9.59 Å². The Morgan fingerprint density at radius 3 is 2.40 bits per heavy atom. The second-order valence-corrected chi connectivity index (χ2v) is 8.06. The van der Waals surface area contributed by atoms with Gasteiger partial charge in [-0.1, -0.05) is 13.8 Å². The van der Waals surface area contributed by atoms with Crippen molar-refractivity contribution in [1.29, 1.82) is 0 Å². The van der Waals surface area contributed by atoms with Crippen molar-refractivity contribution < 1.29 is 14.3 Å². The second kappa shape index (κ2) is 10.2. The van der Waals surface area contributed by atoms with Crippen molar-refractivity contribution in [2.45, 2.75) is 51.7 Å².